The smallest absolute Gasteiger partial charge is 0.0502 e. The zero-order valence-corrected chi connectivity index (χ0v) is 6.11. The van der Waals surface area contributed by atoms with Gasteiger partial charge in [0.1, 0.15) is 0 Å². The first kappa shape index (κ1) is 6.62. The highest BCUT2D eigenvalue weighted by Crippen LogP contribution is 2.03. The van der Waals surface area contributed by atoms with E-state index in [1.165, 1.54) is 0 Å². The topological polar surface area (TPSA) is 12.9 Å². The molecule has 1 rings (SSSR count). The van der Waals surface area contributed by atoms with Gasteiger partial charge in [0.2, 0.25) is 0 Å². The van der Waals surface area contributed by atoms with Crippen molar-refractivity contribution in [3.63, 3.8) is 0 Å². The molecule has 0 fully saturated rings. The first-order chi connectivity index (χ1) is 4.43. The van der Waals surface area contributed by atoms with Gasteiger partial charge in [-0.25, -0.2) is 0 Å². The van der Waals surface area contributed by atoms with Gasteiger partial charge < -0.3 is 0 Å². The maximum atomic E-state index is 4.09. The Bertz CT molecular complexity index is 162. The third-order valence-electron chi connectivity index (χ3n) is 0.969. The maximum absolute atomic E-state index is 4.09. The van der Waals surface area contributed by atoms with Crippen LogP contribution in [0.4, 0.5) is 0 Å². The highest BCUT2D eigenvalue weighted by Gasteiger charge is 1.86. The second-order valence-corrected chi connectivity index (χ2v) is 2.55. The van der Waals surface area contributed by atoms with Crippen molar-refractivity contribution in [2.24, 2.45) is 0 Å². The van der Waals surface area contributed by atoms with Crippen LogP contribution < -0.4 is 0 Å². The molecule has 0 aliphatic heterocycles. The summed E-state index contributed by atoms with van der Waals surface area (Å²) in [7, 11) is 0. The van der Waals surface area contributed by atoms with Gasteiger partial charge in [0.05, 0.1) is 5.69 Å². The molecule has 47 valence electrons. The van der Waals surface area contributed by atoms with Crippen molar-refractivity contribution in [2.75, 3.05) is 6.26 Å². The summed E-state index contributed by atoms with van der Waals surface area (Å²) in [5.74, 6) is 0.995. The minimum Gasteiger partial charge on any atom is -0.260 e. The van der Waals surface area contributed by atoms with Crippen LogP contribution in [0.5, 0.6) is 0 Å². The van der Waals surface area contributed by atoms with E-state index in [2.05, 4.69) is 17.3 Å². The summed E-state index contributed by atoms with van der Waals surface area (Å²) >= 11 is 1.78. The predicted molar refractivity (Wildman–Crippen MR) is 40.3 cm³/mol. The van der Waals surface area contributed by atoms with E-state index < -0.39 is 0 Å². The predicted octanol–water partition coefficient (Wildman–Crippen LogP) is 1.74. The van der Waals surface area contributed by atoms with Gasteiger partial charge in [-0.1, -0.05) is 6.07 Å². The molecule has 0 saturated carbocycles. The van der Waals surface area contributed by atoms with Crippen molar-refractivity contribution in [3.8, 4) is 0 Å². The van der Waals surface area contributed by atoms with E-state index in [-0.39, 0.29) is 0 Å². The fraction of sp³-hybridized carbons (Fsp3) is 0.286. The molecule has 0 aliphatic carbocycles. The highest BCUT2D eigenvalue weighted by molar-refractivity contribution is 7.97. The third-order valence-corrected chi connectivity index (χ3v) is 1.55. The van der Waals surface area contributed by atoms with Crippen LogP contribution >= 0.6 is 11.8 Å². The molecule has 0 bridgehead atoms. The second-order valence-electron chi connectivity index (χ2n) is 1.68. The van der Waals surface area contributed by atoms with Gasteiger partial charge in [-0.05, 0) is 12.3 Å². The monoisotopic (exact) mass is 138 g/mol. The molecule has 2 heteroatoms. The van der Waals surface area contributed by atoms with Crippen LogP contribution in [0.3, 0.4) is 0 Å². The zero-order chi connectivity index (χ0) is 6.53. The molecule has 9 heavy (non-hydrogen) atoms. The quantitative estimate of drug-likeness (QED) is 0.617. The largest absolute Gasteiger partial charge is 0.260 e. The molecule has 0 atom stereocenters. The van der Waals surface area contributed by atoms with E-state index in [0.29, 0.717) is 0 Å². The van der Waals surface area contributed by atoms with Crippen molar-refractivity contribution >= 4 is 11.8 Å². The van der Waals surface area contributed by atoms with E-state index in [0.717, 1.165) is 11.4 Å². The summed E-state index contributed by atoms with van der Waals surface area (Å²) in [6.07, 6.45) is 3.77. The fourth-order valence-electron chi connectivity index (χ4n) is 0.584. The highest BCUT2D eigenvalue weighted by atomic mass is 32.2. The molecular formula is C7H8NS. The summed E-state index contributed by atoms with van der Waals surface area (Å²) in [4.78, 5) is 4.09. The first-order valence-corrected chi connectivity index (χ1v) is 4.13. The van der Waals surface area contributed by atoms with Crippen molar-refractivity contribution < 1.29 is 0 Å². The van der Waals surface area contributed by atoms with Gasteiger partial charge in [-0.3, -0.25) is 4.98 Å². The molecule has 1 radical (unpaired) electrons. The van der Waals surface area contributed by atoms with E-state index in [4.69, 9.17) is 0 Å². The summed E-state index contributed by atoms with van der Waals surface area (Å²) in [6.45, 7) is 0. The van der Waals surface area contributed by atoms with Crippen molar-refractivity contribution in [2.45, 2.75) is 5.75 Å². The molecule has 1 nitrogen and oxygen atoms in total. The van der Waals surface area contributed by atoms with Crippen molar-refractivity contribution in [3.05, 3.63) is 30.1 Å². The van der Waals surface area contributed by atoms with E-state index in [1.54, 1.807) is 18.0 Å². The minimum absolute atomic E-state index is 0.995. The summed E-state index contributed by atoms with van der Waals surface area (Å²) in [5, 5.41) is 0. The van der Waals surface area contributed by atoms with Crippen LogP contribution in [0.1, 0.15) is 5.69 Å². The maximum Gasteiger partial charge on any atom is 0.0502 e. The van der Waals surface area contributed by atoms with Gasteiger partial charge in [0, 0.05) is 18.0 Å². The Hall–Kier alpha value is -0.500. The summed E-state index contributed by atoms with van der Waals surface area (Å²) < 4.78 is 0. The number of rotatable bonds is 2. The third kappa shape index (κ3) is 2.06. The Morgan fingerprint density at radius 3 is 3.22 bits per heavy atom. The molecule has 1 aromatic rings. The lowest BCUT2D eigenvalue weighted by molar-refractivity contribution is 1.17. The van der Waals surface area contributed by atoms with Gasteiger partial charge in [-0.2, -0.15) is 11.8 Å². The van der Waals surface area contributed by atoms with Gasteiger partial charge in [0.15, 0.2) is 0 Å². The van der Waals surface area contributed by atoms with Crippen LogP contribution in [0, 0.1) is 6.07 Å². The van der Waals surface area contributed by atoms with E-state index in [9.17, 15) is 0 Å². The van der Waals surface area contributed by atoms with Crippen LogP contribution in [0.2, 0.25) is 0 Å². The minimum atomic E-state index is 0.995. The van der Waals surface area contributed by atoms with Crippen molar-refractivity contribution in [1.82, 2.24) is 4.98 Å². The van der Waals surface area contributed by atoms with Gasteiger partial charge >= 0.3 is 0 Å². The Balaban J connectivity index is 2.61. The van der Waals surface area contributed by atoms with E-state index >= 15 is 0 Å². The molecule has 0 unspecified atom stereocenters. The zero-order valence-electron chi connectivity index (χ0n) is 5.29. The van der Waals surface area contributed by atoms with Crippen LogP contribution in [-0.4, -0.2) is 11.2 Å². The van der Waals surface area contributed by atoms with Gasteiger partial charge in [0.25, 0.3) is 0 Å². The lowest BCUT2D eigenvalue weighted by Gasteiger charge is -1.92. The summed E-state index contributed by atoms with van der Waals surface area (Å²) in [6, 6.07) is 6.74. The van der Waals surface area contributed by atoms with Crippen molar-refractivity contribution in [1.29, 1.82) is 0 Å². The Morgan fingerprint density at radius 2 is 2.67 bits per heavy atom. The number of nitrogens with zero attached hydrogens (tertiary/aromatic N) is 1. The molecule has 1 heterocycles. The van der Waals surface area contributed by atoms with Crippen LogP contribution in [0.15, 0.2) is 18.3 Å². The standard InChI is InChI=1S/C7H8NS/c1-9-6-7-4-2-3-5-8-7/h2,4-5H,6H2,1H3. The lowest BCUT2D eigenvalue weighted by Crippen LogP contribution is -1.82. The number of aromatic nitrogens is 1. The SMILES string of the molecule is CSCc1cc[c]cn1. The van der Waals surface area contributed by atoms with Crippen LogP contribution in [0.25, 0.3) is 0 Å². The first-order valence-electron chi connectivity index (χ1n) is 2.73. The second kappa shape index (κ2) is 3.51. The average molecular weight is 138 g/mol. The average Bonchev–Trinajstić information content (AvgIpc) is 1.91. The Kier molecular flexibility index (Phi) is 2.58. The molecule has 0 saturated heterocycles. The summed E-state index contributed by atoms with van der Waals surface area (Å²) in [5.41, 5.74) is 1.13. The fourth-order valence-corrected chi connectivity index (χ4v) is 1.05. The Labute approximate surface area is 59.5 Å². The normalized spacial score (nSPS) is 9.44. The number of hydrogen-bond donors (Lipinski definition) is 0. The van der Waals surface area contributed by atoms with Crippen LogP contribution in [-0.2, 0) is 5.75 Å². The Morgan fingerprint density at radius 1 is 1.78 bits per heavy atom. The molecule has 0 amide bonds. The van der Waals surface area contributed by atoms with E-state index in [1.807, 2.05) is 12.1 Å². The molecule has 0 spiro atoms. The number of pyridine rings is 1. The molecule has 0 aliphatic rings. The lowest BCUT2D eigenvalue weighted by atomic mass is 10.4. The molecule has 0 N–H and O–H groups in total. The molecular weight excluding hydrogens is 130 g/mol. The number of hydrogen-bond acceptors (Lipinski definition) is 2. The van der Waals surface area contributed by atoms with Gasteiger partial charge in [-0.15, -0.1) is 0 Å². The molecule has 1 aromatic heterocycles. The number of thioether (sulfide) groups is 1. The molecule has 0 aromatic carbocycles.